The Morgan fingerprint density at radius 3 is 2.03 bits per heavy atom. The van der Waals surface area contributed by atoms with Crippen LogP contribution in [0.1, 0.15) is 29.9 Å². The van der Waals surface area contributed by atoms with Gasteiger partial charge in [0.25, 0.3) is 0 Å². The van der Waals surface area contributed by atoms with Gasteiger partial charge in [0.1, 0.15) is 0 Å². The van der Waals surface area contributed by atoms with Crippen LogP contribution in [0.4, 0.5) is 0 Å². The van der Waals surface area contributed by atoms with E-state index < -0.39 is 0 Å². The molecule has 4 aromatic carbocycles. The molecule has 0 amide bonds. The fourth-order valence-electron chi connectivity index (χ4n) is 5.31. The molecule has 0 atom stereocenters. The summed E-state index contributed by atoms with van der Waals surface area (Å²) in [5, 5.41) is 10.3. The molecule has 1 N–H and O–H groups in total. The van der Waals surface area contributed by atoms with Crippen LogP contribution in [0.2, 0.25) is 0 Å². The Balaban J connectivity index is 1.55. The molecule has 6 rings (SSSR count). The van der Waals surface area contributed by atoms with Gasteiger partial charge in [0, 0.05) is 23.6 Å². The number of para-hydroxylation sites is 1. The molecule has 2 heterocycles. The third-order valence-electron chi connectivity index (χ3n) is 6.81. The van der Waals surface area contributed by atoms with E-state index in [4.69, 9.17) is 0 Å². The molecule has 1 aromatic heterocycles. The highest BCUT2D eigenvalue weighted by atomic mass is 15.0. The molecular formula is C28H26N2. The smallest absolute Gasteiger partial charge is 0.0488 e. The van der Waals surface area contributed by atoms with E-state index in [1.165, 1.54) is 56.4 Å². The maximum atomic E-state index is 3.51. The molecule has 1 fully saturated rings. The van der Waals surface area contributed by atoms with E-state index in [0.717, 1.165) is 19.6 Å². The van der Waals surface area contributed by atoms with Crippen molar-refractivity contribution in [2.24, 2.45) is 0 Å². The number of rotatable bonds is 3. The Morgan fingerprint density at radius 2 is 1.33 bits per heavy atom. The van der Waals surface area contributed by atoms with Crippen LogP contribution >= 0.6 is 0 Å². The Kier molecular flexibility index (Phi) is 4.32. The summed E-state index contributed by atoms with van der Waals surface area (Å²) in [6.45, 7) is 3.14. The van der Waals surface area contributed by atoms with Crippen molar-refractivity contribution >= 4 is 32.4 Å². The molecule has 5 aromatic rings. The molecule has 0 bridgehead atoms. The van der Waals surface area contributed by atoms with E-state index in [-0.39, 0.29) is 0 Å². The van der Waals surface area contributed by atoms with Crippen LogP contribution in [-0.4, -0.2) is 17.7 Å². The van der Waals surface area contributed by atoms with Crippen LogP contribution in [-0.2, 0) is 6.54 Å². The molecule has 30 heavy (non-hydrogen) atoms. The second-order valence-corrected chi connectivity index (χ2v) is 8.55. The summed E-state index contributed by atoms with van der Waals surface area (Å²) in [4.78, 5) is 0. The topological polar surface area (TPSA) is 17.0 Å². The average Bonchev–Trinajstić information content (AvgIpc) is 3.18. The third-order valence-corrected chi connectivity index (χ3v) is 6.81. The third kappa shape index (κ3) is 2.91. The summed E-state index contributed by atoms with van der Waals surface area (Å²) in [5.74, 6) is 0.654. The molecule has 0 saturated carbocycles. The summed E-state index contributed by atoms with van der Waals surface area (Å²) in [7, 11) is 0. The average molecular weight is 391 g/mol. The van der Waals surface area contributed by atoms with Gasteiger partial charge >= 0.3 is 0 Å². The maximum Gasteiger partial charge on any atom is 0.0488 e. The number of nitrogens with zero attached hydrogens (tertiary/aromatic N) is 1. The van der Waals surface area contributed by atoms with E-state index >= 15 is 0 Å². The number of fused-ring (bicyclic) bond motifs is 3. The number of hydrogen-bond acceptors (Lipinski definition) is 1. The first-order valence-corrected chi connectivity index (χ1v) is 11.1. The van der Waals surface area contributed by atoms with Gasteiger partial charge in [-0.1, -0.05) is 66.7 Å². The minimum absolute atomic E-state index is 0.654. The van der Waals surface area contributed by atoms with Crippen molar-refractivity contribution in [2.75, 3.05) is 13.1 Å². The lowest BCUT2D eigenvalue weighted by atomic mass is 9.90. The van der Waals surface area contributed by atoms with Crippen LogP contribution in [0.25, 0.3) is 32.4 Å². The molecule has 0 aliphatic carbocycles. The Morgan fingerprint density at radius 1 is 0.733 bits per heavy atom. The predicted molar refractivity (Wildman–Crippen MR) is 127 cm³/mol. The second-order valence-electron chi connectivity index (χ2n) is 8.55. The molecular weight excluding hydrogens is 364 g/mol. The van der Waals surface area contributed by atoms with E-state index in [1.54, 1.807) is 0 Å². The Bertz CT molecular complexity index is 1300. The van der Waals surface area contributed by atoms with Crippen LogP contribution in [0, 0.1) is 0 Å². The summed E-state index contributed by atoms with van der Waals surface area (Å²) in [5.41, 5.74) is 4.29. The van der Waals surface area contributed by atoms with Gasteiger partial charge in [-0.2, -0.15) is 0 Å². The number of aromatic nitrogens is 1. The fourth-order valence-corrected chi connectivity index (χ4v) is 5.31. The summed E-state index contributed by atoms with van der Waals surface area (Å²) < 4.78 is 2.49. The van der Waals surface area contributed by atoms with E-state index in [2.05, 4.69) is 94.9 Å². The molecule has 2 heteroatoms. The molecule has 1 saturated heterocycles. The van der Waals surface area contributed by atoms with Gasteiger partial charge in [0.15, 0.2) is 0 Å². The van der Waals surface area contributed by atoms with E-state index in [0.29, 0.717) is 5.92 Å². The fraction of sp³-hybridized carbons (Fsp3) is 0.214. The van der Waals surface area contributed by atoms with Crippen molar-refractivity contribution < 1.29 is 0 Å². The monoisotopic (exact) mass is 390 g/mol. The lowest BCUT2D eigenvalue weighted by Crippen LogP contribution is -2.26. The van der Waals surface area contributed by atoms with Gasteiger partial charge in [-0.15, -0.1) is 0 Å². The molecule has 0 radical (unpaired) electrons. The molecule has 1 aliphatic rings. The largest absolute Gasteiger partial charge is 0.343 e. The molecule has 0 spiro atoms. The predicted octanol–water partition coefficient (Wildman–Crippen LogP) is 6.46. The van der Waals surface area contributed by atoms with Crippen molar-refractivity contribution in [2.45, 2.75) is 25.3 Å². The van der Waals surface area contributed by atoms with Crippen LogP contribution in [0.15, 0.2) is 85.1 Å². The van der Waals surface area contributed by atoms with Crippen molar-refractivity contribution in [1.29, 1.82) is 0 Å². The SMILES string of the molecule is c1ccc2c(Cn3cc(C4CCNCC4)c4ccccc43)c3ccccc3cc2c1. The highest BCUT2D eigenvalue weighted by Crippen LogP contribution is 2.35. The van der Waals surface area contributed by atoms with Gasteiger partial charge in [-0.05, 0) is 76.7 Å². The highest BCUT2D eigenvalue weighted by molar-refractivity contribution is 6.02. The number of hydrogen-bond donors (Lipinski definition) is 1. The highest BCUT2D eigenvalue weighted by Gasteiger charge is 2.20. The van der Waals surface area contributed by atoms with Crippen molar-refractivity contribution in [3.63, 3.8) is 0 Å². The van der Waals surface area contributed by atoms with Gasteiger partial charge in [0.2, 0.25) is 0 Å². The van der Waals surface area contributed by atoms with Crippen molar-refractivity contribution in [3.8, 4) is 0 Å². The van der Waals surface area contributed by atoms with E-state index in [9.17, 15) is 0 Å². The van der Waals surface area contributed by atoms with Gasteiger partial charge in [-0.3, -0.25) is 0 Å². The molecule has 1 aliphatic heterocycles. The van der Waals surface area contributed by atoms with Crippen LogP contribution in [0.5, 0.6) is 0 Å². The molecule has 148 valence electrons. The second kappa shape index (κ2) is 7.30. The van der Waals surface area contributed by atoms with Crippen molar-refractivity contribution in [3.05, 3.63) is 96.2 Å². The first-order chi connectivity index (χ1) is 14.9. The molecule has 2 nitrogen and oxygen atoms in total. The lowest BCUT2D eigenvalue weighted by Gasteiger charge is -2.22. The zero-order valence-electron chi connectivity index (χ0n) is 17.1. The first kappa shape index (κ1) is 17.7. The maximum absolute atomic E-state index is 3.51. The zero-order valence-corrected chi connectivity index (χ0v) is 17.1. The molecule has 0 unspecified atom stereocenters. The lowest BCUT2D eigenvalue weighted by molar-refractivity contribution is 0.461. The number of benzene rings is 4. The van der Waals surface area contributed by atoms with Crippen molar-refractivity contribution in [1.82, 2.24) is 9.88 Å². The number of nitrogens with one attached hydrogen (secondary N) is 1. The minimum atomic E-state index is 0.654. The normalized spacial score (nSPS) is 15.3. The van der Waals surface area contributed by atoms with Crippen LogP contribution < -0.4 is 5.32 Å². The standard InChI is InChI=1S/C28H26N2/c1-3-9-23-21(7-1)17-22-8-2-4-10-24(22)27(23)19-30-18-26(20-13-15-29-16-14-20)25-11-5-6-12-28(25)30/h1-12,17-18,20,29H,13-16,19H2. The first-order valence-electron chi connectivity index (χ1n) is 11.1. The Labute approximate surface area is 177 Å². The Hall–Kier alpha value is -3.10. The van der Waals surface area contributed by atoms with Crippen LogP contribution in [0.3, 0.4) is 0 Å². The summed E-state index contributed by atoms with van der Waals surface area (Å²) >= 11 is 0. The summed E-state index contributed by atoms with van der Waals surface area (Å²) in [6, 6.07) is 28.9. The van der Waals surface area contributed by atoms with Gasteiger partial charge in [0.05, 0.1) is 0 Å². The van der Waals surface area contributed by atoms with Gasteiger partial charge < -0.3 is 9.88 Å². The van der Waals surface area contributed by atoms with E-state index in [1.807, 2.05) is 0 Å². The van der Waals surface area contributed by atoms with Gasteiger partial charge in [-0.25, -0.2) is 0 Å². The quantitative estimate of drug-likeness (QED) is 0.350. The minimum Gasteiger partial charge on any atom is -0.343 e. The summed E-state index contributed by atoms with van der Waals surface area (Å²) in [6.07, 6.45) is 4.90. The zero-order chi connectivity index (χ0) is 19.9. The number of piperidine rings is 1.